The maximum absolute atomic E-state index is 12.0. The van der Waals surface area contributed by atoms with E-state index in [4.69, 9.17) is 0 Å². The van der Waals surface area contributed by atoms with Crippen molar-refractivity contribution in [1.29, 1.82) is 0 Å². The molecule has 0 radical (unpaired) electrons. The largest absolute Gasteiger partial charge is 0.369 e. The molecule has 2 aromatic rings. The Labute approximate surface area is 137 Å². The van der Waals surface area contributed by atoms with Gasteiger partial charge in [0.15, 0.2) is 0 Å². The number of nitrogens with one attached hydrogen (secondary N) is 2. The van der Waals surface area contributed by atoms with Crippen molar-refractivity contribution in [3.8, 4) is 0 Å². The summed E-state index contributed by atoms with van der Waals surface area (Å²) < 4.78 is 0. The average molecular weight is 312 g/mol. The van der Waals surface area contributed by atoms with Crippen molar-refractivity contribution in [2.45, 2.75) is 12.8 Å². The number of aromatic amines is 1. The van der Waals surface area contributed by atoms with E-state index in [-0.39, 0.29) is 5.91 Å². The monoisotopic (exact) mass is 312 g/mol. The molecule has 1 aliphatic heterocycles. The first kappa shape index (κ1) is 15.6. The van der Waals surface area contributed by atoms with E-state index in [0.717, 1.165) is 44.0 Å². The van der Waals surface area contributed by atoms with Crippen LogP contribution in [0.4, 0.5) is 11.4 Å². The summed E-state index contributed by atoms with van der Waals surface area (Å²) in [6, 6.07) is 12.1. The van der Waals surface area contributed by atoms with Crippen LogP contribution in [0.25, 0.3) is 0 Å². The van der Waals surface area contributed by atoms with Crippen LogP contribution in [0.5, 0.6) is 0 Å². The van der Waals surface area contributed by atoms with Gasteiger partial charge in [0.2, 0.25) is 5.91 Å². The molecule has 1 aliphatic rings. The Morgan fingerprint density at radius 1 is 1.13 bits per heavy atom. The second-order valence-corrected chi connectivity index (χ2v) is 6.08. The van der Waals surface area contributed by atoms with Crippen molar-refractivity contribution in [3.05, 3.63) is 48.3 Å². The van der Waals surface area contributed by atoms with Gasteiger partial charge in [-0.2, -0.15) is 0 Å². The van der Waals surface area contributed by atoms with Crippen LogP contribution in [0, 0.1) is 0 Å². The molecule has 0 saturated carbocycles. The lowest BCUT2D eigenvalue weighted by Gasteiger charge is -2.34. The van der Waals surface area contributed by atoms with E-state index in [1.807, 2.05) is 30.5 Å². The Balaban J connectivity index is 1.50. The van der Waals surface area contributed by atoms with Gasteiger partial charge < -0.3 is 20.1 Å². The lowest BCUT2D eigenvalue weighted by molar-refractivity contribution is -0.116. The molecule has 1 aromatic heterocycles. The Hall–Kier alpha value is -2.27. The van der Waals surface area contributed by atoms with Crippen molar-refractivity contribution < 1.29 is 4.79 Å². The number of nitrogens with zero attached hydrogens (tertiary/aromatic N) is 2. The zero-order valence-electron chi connectivity index (χ0n) is 13.6. The van der Waals surface area contributed by atoms with Crippen molar-refractivity contribution >= 4 is 17.3 Å². The van der Waals surface area contributed by atoms with Crippen LogP contribution < -0.4 is 10.2 Å². The fourth-order valence-electron chi connectivity index (χ4n) is 2.81. The van der Waals surface area contributed by atoms with Crippen LogP contribution in [0.2, 0.25) is 0 Å². The van der Waals surface area contributed by atoms with Crippen molar-refractivity contribution in [2.24, 2.45) is 0 Å². The lowest BCUT2D eigenvalue weighted by atomic mass is 10.2. The van der Waals surface area contributed by atoms with Gasteiger partial charge in [0.05, 0.1) is 0 Å². The first-order chi connectivity index (χ1) is 11.2. The Morgan fingerprint density at radius 2 is 1.87 bits per heavy atom. The predicted molar refractivity (Wildman–Crippen MR) is 93.9 cm³/mol. The number of hydrogen-bond acceptors (Lipinski definition) is 3. The number of aromatic nitrogens is 1. The highest BCUT2D eigenvalue weighted by atomic mass is 16.1. The van der Waals surface area contributed by atoms with E-state index < -0.39 is 0 Å². The van der Waals surface area contributed by atoms with E-state index in [2.05, 4.69) is 39.3 Å². The maximum Gasteiger partial charge on any atom is 0.224 e. The third-order valence-corrected chi connectivity index (χ3v) is 4.30. The van der Waals surface area contributed by atoms with E-state index >= 15 is 0 Å². The smallest absolute Gasteiger partial charge is 0.224 e. The van der Waals surface area contributed by atoms with Crippen molar-refractivity contribution in [3.63, 3.8) is 0 Å². The zero-order chi connectivity index (χ0) is 16.1. The number of aryl methyl sites for hydroxylation is 1. The standard InChI is InChI=1S/C18H24N4O/c1-21-11-13-22(14-12-21)17-7-4-16(5-8-17)20-18(23)9-6-15-3-2-10-19-15/h2-5,7-8,10,19H,6,9,11-14H2,1H3,(H,20,23). The Morgan fingerprint density at radius 3 is 2.52 bits per heavy atom. The van der Waals surface area contributed by atoms with Gasteiger partial charge in [-0.25, -0.2) is 0 Å². The number of anilines is 2. The van der Waals surface area contributed by atoms with Gasteiger partial charge in [0.1, 0.15) is 0 Å². The molecule has 1 fully saturated rings. The molecule has 5 nitrogen and oxygen atoms in total. The molecule has 3 rings (SSSR count). The molecule has 0 spiro atoms. The van der Waals surface area contributed by atoms with Crippen LogP contribution >= 0.6 is 0 Å². The van der Waals surface area contributed by atoms with Crippen LogP contribution in [0.1, 0.15) is 12.1 Å². The topological polar surface area (TPSA) is 51.4 Å². The first-order valence-electron chi connectivity index (χ1n) is 8.16. The third-order valence-electron chi connectivity index (χ3n) is 4.30. The number of rotatable bonds is 5. The van der Waals surface area contributed by atoms with Crippen molar-refractivity contribution in [1.82, 2.24) is 9.88 Å². The van der Waals surface area contributed by atoms with Crippen LogP contribution in [-0.2, 0) is 11.2 Å². The van der Waals surface area contributed by atoms with E-state index in [1.54, 1.807) is 0 Å². The highest BCUT2D eigenvalue weighted by Gasteiger charge is 2.14. The molecule has 0 atom stereocenters. The van der Waals surface area contributed by atoms with Crippen LogP contribution in [0.3, 0.4) is 0 Å². The van der Waals surface area contributed by atoms with Gasteiger partial charge in [-0.3, -0.25) is 4.79 Å². The molecule has 1 saturated heterocycles. The molecule has 2 N–H and O–H groups in total. The second-order valence-electron chi connectivity index (χ2n) is 6.08. The van der Waals surface area contributed by atoms with Crippen molar-refractivity contribution in [2.75, 3.05) is 43.4 Å². The summed E-state index contributed by atoms with van der Waals surface area (Å²) >= 11 is 0. The van der Waals surface area contributed by atoms with Gasteiger partial charge in [-0.15, -0.1) is 0 Å². The summed E-state index contributed by atoms with van der Waals surface area (Å²) in [6.45, 7) is 4.30. The van der Waals surface area contributed by atoms with Crippen LogP contribution in [-0.4, -0.2) is 49.0 Å². The fraction of sp³-hybridized carbons (Fsp3) is 0.389. The van der Waals surface area contributed by atoms with Gasteiger partial charge >= 0.3 is 0 Å². The summed E-state index contributed by atoms with van der Waals surface area (Å²) in [5, 5.41) is 2.96. The normalized spacial score (nSPS) is 15.6. The summed E-state index contributed by atoms with van der Waals surface area (Å²) in [4.78, 5) is 19.8. The summed E-state index contributed by atoms with van der Waals surface area (Å²) in [5.41, 5.74) is 3.17. The number of benzene rings is 1. The SMILES string of the molecule is CN1CCN(c2ccc(NC(=O)CCc3ccc[nH]3)cc2)CC1. The maximum atomic E-state index is 12.0. The van der Waals surface area contributed by atoms with Gasteiger partial charge in [0.25, 0.3) is 0 Å². The van der Waals surface area contributed by atoms with E-state index in [9.17, 15) is 4.79 Å². The molecule has 5 heteroatoms. The Bertz CT molecular complexity index is 613. The molecule has 1 aromatic carbocycles. The predicted octanol–water partition coefficient (Wildman–Crippen LogP) is 2.34. The number of H-pyrrole nitrogens is 1. The molecule has 23 heavy (non-hydrogen) atoms. The fourth-order valence-corrected chi connectivity index (χ4v) is 2.81. The molecule has 0 unspecified atom stereocenters. The number of hydrogen-bond donors (Lipinski definition) is 2. The number of likely N-dealkylation sites (N-methyl/N-ethyl adjacent to an activating group) is 1. The highest BCUT2D eigenvalue weighted by Crippen LogP contribution is 2.19. The summed E-state index contributed by atoms with van der Waals surface area (Å²) in [7, 11) is 2.16. The van der Waals surface area contributed by atoms with Gasteiger partial charge in [-0.1, -0.05) is 0 Å². The molecular weight excluding hydrogens is 288 g/mol. The first-order valence-corrected chi connectivity index (χ1v) is 8.16. The molecule has 1 amide bonds. The lowest BCUT2D eigenvalue weighted by Crippen LogP contribution is -2.44. The minimum Gasteiger partial charge on any atom is -0.369 e. The summed E-state index contributed by atoms with van der Waals surface area (Å²) in [6.07, 6.45) is 3.10. The second kappa shape index (κ2) is 7.33. The molecule has 0 aliphatic carbocycles. The van der Waals surface area contributed by atoms with E-state index in [1.165, 1.54) is 5.69 Å². The zero-order valence-corrected chi connectivity index (χ0v) is 13.6. The number of piperazine rings is 1. The molecule has 0 bridgehead atoms. The van der Waals surface area contributed by atoms with Crippen LogP contribution in [0.15, 0.2) is 42.6 Å². The molecular formula is C18H24N4O. The van der Waals surface area contributed by atoms with Gasteiger partial charge in [0, 0.05) is 55.9 Å². The number of carbonyl (C=O) groups is 1. The molecule has 2 heterocycles. The number of amides is 1. The quantitative estimate of drug-likeness (QED) is 0.891. The molecule has 122 valence electrons. The van der Waals surface area contributed by atoms with E-state index in [0.29, 0.717) is 6.42 Å². The minimum atomic E-state index is 0.0481. The van der Waals surface area contributed by atoms with Gasteiger partial charge in [-0.05, 0) is 49.9 Å². The Kier molecular flexibility index (Phi) is 4.98. The average Bonchev–Trinajstić information content (AvgIpc) is 3.08. The highest BCUT2D eigenvalue weighted by molar-refractivity contribution is 5.91. The summed E-state index contributed by atoms with van der Waals surface area (Å²) in [5.74, 6) is 0.0481. The minimum absolute atomic E-state index is 0.0481. The number of carbonyl (C=O) groups excluding carboxylic acids is 1. The third kappa shape index (κ3) is 4.36.